The molecule has 2 aliphatic rings. The molecule has 0 bridgehead atoms. The Bertz CT molecular complexity index is 363. The summed E-state index contributed by atoms with van der Waals surface area (Å²) in [6.45, 7) is 5.53. The molecular formula is C14H23N3. The van der Waals surface area contributed by atoms with Crippen LogP contribution in [-0.2, 0) is 0 Å². The second kappa shape index (κ2) is 4.35. The molecule has 0 atom stereocenters. The maximum Gasteiger partial charge on any atom is 0.203 e. The number of hydrogen-bond donors (Lipinski definition) is 1. The summed E-state index contributed by atoms with van der Waals surface area (Å²) in [5, 5.41) is 3.57. The van der Waals surface area contributed by atoms with Crippen LogP contribution in [0.15, 0.2) is 12.4 Å². The number of aromatic nitrogens is 2. The summed E-state index contributed by atoms with van der Waals surface area (Å²) in [5.41, 5.74) is 0. The fourth-order valence-electron chi connectivity index (χ4n) is 2.84. The first-order valence-corrected chi connectivity index (χ1v) is 7.02. The molecule has 3 nitrogen and oxygen atoms in total. The van der Waals surface area contributed by atoms with Crippen LogP contribution in [0, 0.1) is 17.8 Å². The topological polar surface area (TPSA) is 29.9 Å². The number of rotatable bonds is 6. The van der Waals surface area contributed by atoms with Gasteiger partial charge in [0.25, 0.3) is 0 Å². The summed E-state index contributed by atoms with van der Waals surface area (Å²) >= 11 is 0. The van der Waals surface area contributed by atoms with Crippen molar-refractivity contribution in [2.45, 2.75) is 45.6 Å². The van der Waals surface area contributed by atoms with Crippen molar-refractivity contribution in [1.29, 1.82) is 0 Å². The molecular weight excluding hydrogens is 210 g/mol. The van der Waals surface area contributed by atoms with E-state index in [9.17, 15) is 0 Å². The highest BCUT2D eigenvalue weighted by atomic mass is 15.2. The fraction of sp³-hybridized carbons (Fsp3) is 0.786. The SMILES string of the molecule is CC(C)n1ccnc1NCC(C1CC1)C1CC1. The molecule has 0 unspecified atom stereocenters. The van der Waals surface area contributed by atoms with E-state index in [1.807, 2.05) is 6.20 Å². The van der Waals surface area contributed by atoms with Crippen molar-refractivity contribution in [3.63, 3.8) is 0 Å². The Kier molecular flexibility index (Phi) is 2.85. The van der Waals surface area contributed by atoms with Crippen LogP contribution >= 0.6 is 0 Å². The van der Waals surface area contributed by atoms with E-state index in [1.54, 1.807) is 0 Å². The zero-order chi connectivity index (χ0) is 11.8. The molecule has 0 aliphatic heterocycles. The molecule has 1 aromatic rings. The Labute approximate surface area is 104 Å². The molecule has 3 heteroatoms. The van der Waals surface area contributed by atoms with Crippen molar-refractivity contribution >= 4 is 5.95 Å². The average molecular weight is 233 g/mol. The normalized spacial score (nSPS) is 20.2. The smallest absolute Gasteiger partial charge is 0.203 e. The monoisotopic (exact) mass is 233 g/mol. The molecule has 0 spiro atoms. The Balaban J connectivity index is 1.60. The minimum Gasteiger partial charge on any atom is -0.355 e. The van der Waals surface area contributed by atoms with Crippen LogP contribution in [0.3, 0.4) is 0 Å². The molecule has 1 aromatic heterocycles. The summed E-state index contributed by atoms with van der Waals surface area (Å²) in [5.74, 6) is 3.98. The third kappa shape index (κ3) is 2.48. The van der Waals surface area contributed by atoms with Gasteiger partial charge < -0.3 is 9.88 Å². The summed E-state index contributed by atoms with van der Waals surface area (Å²) in [6.07, 6.45) is 9.80. The van der Waals surface area contributed by atoms with Crippen LogP contribution in [0.4, 0.5) is 5.95 Å². The van der Waals surface area contributed by atoms with Gasteiger partial charge in [-0.15, -0.1) is 0 Å². The first-order chi connectivity index (χ1) is 8.25. The highest BCUT2D eigenvalue weighted by molar-refractivity contribution is 5.27. The van der Waals surface area contributed by atoms with Crippen LogP contribution in [-0.4, -0.2) is 16.1 Å². The molecule has 94 valence electrons. The van der Waals surface area contributed by atoms with Crippen LogP contribution in [0.5, 0.6) is 0 Å². The molecule has 0 aromatic carbocycles. The van der Waals surface area contributed by atoms with E-state index in [0.29, 0.717) is 6.04 Å². The van der Waals surface area contributed by atoms with Crippen molar-refractivity contribution in [2.24, 2.45) is 17.8 Å². The Morgan fingerprint density at radius 2 is 1.94 bits per heavy atom. The molecule has 3 rings (SSSR count). The number of anilines is 1. The quantitative estimate of drug-likeness (QED) is 0.817. The van der Waals surface area contributed by atoms with Gasteiger partial charge >= 0.3 is 0 Å². The van der Waals surface area contributed by atoms with Crippen LogP contribution in [0.25, 0.3) is 0 Å². The van der Waals surface area contributed by atoms with E-state index < -0.39 is 0 Å². The lowest BCUT2D eigenvalue weighted by Gasteiger charge is -2.18. The van der Waals surface area contributed by atoms with E-state index in [-0.39, 0.29) is 0 Å². The summed E-state index contributed by atoms with van der Waals surface area (Å²) in [7, 11) is 0. The lowest BCUT2D eigenvalue weighted by Crippen LogP contribution is -2.20. The highest BCUT2D eigenvalue weighted by Crippen LogP contribution is 2.49. The standard InChI is InChI=1S/C14H23N3/c1-10(2)17-8-7-15-14(17)16-9-13(11-3-4-11)12-5-6-12/h7-8,10-13H,3-6,9H2,1-2H3,(H,15,16). The van der Waals surface area contributed by atoms with Gasteiger partial charge in [0, 0.05) is 25.0 Å². The predicted octanol–water partition coefficient (Wildman–Crippen LogP) is 3.31. The molecule has 0 amide bonds. The van der Waals surface area contributed by atoms with Gasteiger partial charge in [-0.2, -0.15) is 0 Å². The van der Waals surface area contributed by atoms with Gasteiger partial charge in [-0.25, -0.2) is 4.98 Å². The van der Waals surface area contributed by atoms with Crippen molar-refractivity contribution in [2.75, 3.05) is 11.9 Å². The molecule has 2 fully saturated rings. The number of imidazole rings is 1. The van der Waals surface area contributed by atoms with Gasteiger partial charge in [-0.1, -0.05) is 0 Å². The van der Waals surface area contributed by atoms with Crippen LogP contribution < -0.4 is 5.32 Å². The number of nitrogens with one attached hydrogen (secondary N) is 1. The predicted molar refractivity (Wildman–Crippen MR) is 70.0 cm³/mol. The summed E-state index contributed by atoms with van der Waals surface area (Å²) in [6, 6.07) is 0.486. The zero-order valence-electron chi connectivity index (χ0n) is 10.9. The Morgan fingerprint density at radius 3 is 2.47 bits per heavy atom. The van der Waals surface area contributed by atoms with Gasteiger partial charge in [0.1, 0.15) is 0 Å². The van der Waals surface area contributed by atoms with E-state index in [0.717, 1.165) is 30.2 Å². The van der Waals surface area contributed by atoms with E-state index in [2.05, 4.69) is 34.9 Å². The van der Waals surface area contributed by atoms with Gasteiger partial charge in [0.15, 0.2) is 0 Å². The molecule has 0 radical (unpaired) electrons. The highest BCUT2D eigenvalue weighted by Gasteiger charge is 2.41. The lowest BCUT2D eigenvalue weighted by molar-refractivity contribution is 0.425. The van der Waals surface area contributed by atoms with Crippen molar-refractivity contribution in [3.05, 3.63) is 12.4 Å². The van der Waals surface area contributed by atoms with Gasteiger partial charge in [0.05, 0.1) is 0 Å². The van der Waals surface area contributed by atoms with Gasteiger partial charge in [0.2, 0.25) is 5.95 Å². The maximum absolute atomic E-state index is 4.42. The zero-order valence-corrected chi connectivity index (χ0v) is 10.9. The molecule has 0 saturated heterocycles. The Hall–Kier alpha value is -0.990. The lowest BCUT2D eigenvalue weighted by atomic mass is 9.98. The van der Waals surface area contributed by atoms with E-state index in [4.69, 9.17) is 0 Å². The van der Waals surface area contributed by atoms with E-state index >= 15 is 0 Å². The second-order valence-corrected chi connectivity index (χ2v) is 5.97. The first kappa shape index (κ1) is 11.1. The van der Waals surface area contributed by atoms with Crippen molar-refractivity contribution < 1.29 is 0 Å². The summed E-state index contributed by atoms with van der Waals surface area (Å²) in [4.78, 5) is 4.42. The van der Waals surface area contributed by atoms with Crippen molar-refractivity contribution in [3.8, 4) is 0 Å². The molecule has 2 aliphatic carbocycles. The van der Waals surface area contributed by atoms with Crippen molar-refractivity contribution in [1.82, 2.24) is 9.55 Å². The first-order valence-electron chi connectivity index (χ1n) is 7.02. The molecule has 1 N–H and O–H groups in total. The molecule has 1 heterocycles. The largest absolute Gasteiger partial charge is 0.355 e. The third-order valence-corrected chi connectivity index (χ3v) is 4.18. The van der Waals surface area contributed by atoms with Crippen LogP contribution in [0.1, 0.15) is 45.6 Å². The Morgan fingerprint density at radius 1 is 1.29 bits per heavy atom. The third-order valence-electron chi connectivity index (χ3n) is 4.18. The second-order valence-electron chi connectivity index (χ2n) is 5.97. The fourth-order valence-corrected chi connectivity index (χ4v) is 2.84. The minimum atomic E-state index is 0.486. The van der Waals surface area contributed by atoms with E-state index in [1.165, 1.54) is 25.7 Å². The van der Waals surface area contributed by atoms with Gasteiger partial charge in [-0.3, -0.25) is 0 Å². The number of hydrogen-bond acceptors (Lipinski definition) is 2. The summed E-state index contributed by atoms with van der Waals surface area (Å²) < 4.78 is 2.22. The molecule has 17 heavy (non-hydrogen) atoms. The maximum atomic E-state index is 4.42. The minimum absolute atomic E-state index is 0.486. The number of nitrogens with zero attached hydrogens (tertiary/aromatic N) is 2. The average Bonchev–Trinajstić information content (AvgIpc) is 3.19. The van der Waals surface area contributed by atoms with Crippen LogP contribution in [0.2, 0.25) is 0 Å². The van der Waals surface area contributed by atoms with Gasteiger partial charge in [-0.05, 0) is 57.3 Å². The molecule has 2 saturated carbocycles.